The first kappa shape index (κ1) is 85.3. The number of carboxylic acids is 4. The van der Waals surface area contributed by atoms with E-state index in [1.165, 1.54) is 12.1 Å². The number of phenols is 1. The Morgan fingerprint density at radius 1 is 0.419 bits per heavy atom. The highest BCUT2D eigenvalue weighted by Crippen LogP contribution is 2.22. The van der Waals surface area contributed by atoms with Crippen molar-refractivity contribution in [3.63, 3.8) is 0 Å². The summed E-state index contributed by atoms with van der Waals surface area (Å²) in [5.74, 6) is -2.50. The largest absolute Gasteiger partial charge is 0.507 e. The van der Waals surface area contributed by atoms with E-state index in [4.69, 9.17) is 29.9 Å². The summed E-state index contributed by atoms with van der Waals surface area (Å²) in [4.78, 5) is 91.9. The number of aromatic hydroxyl groups is 1. The van der Waals surface area contributed by atoms with Gasteiger partial charge in [-0.15, -0.1) is 0 Å². The average molecular weight is 1290 g/mol. The third-order valence-corrected chi connectivity index (χ3v) is 13.2. The average Bonchev–Trinajstić information content (AvgIpc) is 3.33. The Bertz CT molecular complexity index is 3100. The number of para-hydroxylation sites is 4. The molecule has 6 aromatic carbocycles. The number of amides is 4. The molecule has 0 bridgehead atoms. The zero-order valence-corrected chi connectivity index (χ0v) is 51.3. The van der Waals surface area contributed by atoms with Crippen LogP contribution in [0.3, 0.4) is 0 Å². The van der Waals surface area contributed by atoms with Crippen LogP contribution >= 0.6 is 0 Å². The van der Waals surface area contributed by atoms with Gasteiger partial charge >= 0.3 is 23.9 Å². The number of nitrogens with zero attached hydrogens (tertiary/aromatic N) is 1. The minimum Gasteiger partial charge on any atom is -0.507 e. The molecule has 20 heteroatoms. The Morgan fingerprint density at radius 2 is 0.914 bits per heavy atom. The predicted molar refractivity (Wildman–Crippen MR) is 371 cm³/mol. The number of aliphatic carboxylic acids is 4. The molecule has 0 radical (unpaired) electrons. The molecule has 0 heterocycles. The van der Waals surface area contributed by atoms with Gasteiger partial charge in [0.1, 0.15) is 17.2 Å². The molecule has 20 nitrogen and oxygen atoms in total. The highest BCUT2D eigenvalue weighted by Gasteiger charge is 2.15. The molecule has 4 amide bonds. The first-order chi connectivity index (χ1) is 42.9. The Labute approximate surface area is 551 Å². The number of anilines is 3. The van der Waals surface area contributed by atoms with Gasteiger partial charge in [0.25, 0.3) is 17.7 Å². The molecule has 0 saturated heterocycles. The van der Waals surface area contributed by atoms with Crippen LogP contribution in [-0.4, -0.2) is 113 Å². The van der Waals surface area contributed by atoms with Gasteiger partial charge < -0.3 is 61.2 Å². The fourth-order valence-electron chi connectivity index (χ4n) is 8.56. The summed E-state index contributed by atoms with van der Waals surface area (Å²) in [7, 11) is 3.80. The van der Waals surface area contributed by atoms with E-state index >= 15 is 0 Å². The number of hydrogen-bond donors (Lipinski definition) is 9. The Hall–Kier alpha value is -9.72. The van der Waals surface area contributed by atoms with E-state index in [2.05, 4.69) is 21.3 Å². The van der Waals surface area contributed by atoms with E-state index in [9.17, 15) is 43.5 Å². The van der Waals surface area contributed by atoms with Crippen LogP contribution in [0.15, 0.2) is 152 Å². The molecule has 0 fully saturated rings. The Kier molecular flexibility index (Phi) is 46.8. The summed E-state index contributed by atoms with van der Waals surface area (Å²) >= 11 is 0. The van der Waals surface area contributed by atoms with Crippen LogP contribution in [-0.2, 0) is 36.8 Å². The summed E-state index contributed by atoms with van der Waals surface area (Å²) in [6, 6.07) is 44.8. The van der Waals surface area contributed by atoms with Crippen LogP contribution in [0.5, 0.6) is 17.2 Å². The number of benzene rings is 6. The van der Waals surface area contributed by atoms with Crippen molar-refractivity contribution in [2.24, 2.45) is 0 Å². The molecule has 6 rings (SSSR count). The van der Waals surface area contributed by atoms with Gasteiger partial charge in [0.2, 0.25) is 5.91 Å². The number of carbonyl (C=O) groups is 8. The van der Waals surface area contributed by atoms with E-state index in [1.807, 2.05) is 111 Å². The third-order valence-electron chi connectivity index (χ3n) is 13.2. The van der Waals surface area contributed by atoms with Gasteiger partial charge in [0.15, 0.2) is 0 Å². The van der Waals surface area contributed by atoms with Gasteiger partial charge in [0, 0.05) is 69.9 Å². The van der Waals surface area contributed by atoms with Crippen molar-refractivity contribution < 1.29 is 73.4 Å². The van der Waals surface area contributed by atoms with Crippen LogP contribution in [0.4, 0.5) is 17.1 Å². The summed E-state index contributed by atoms with van der Waals surface area (Å²) in [5.41, 5.74) is 5.39. The van der Waals surface area contributed by atoms with Crippen molar-refractivity contribution >= 4 is 64.6 Å². The molecule has 9 N–H and O–H groups in total. The van der Waals surface area contributed by atoms with E-state index in [1.54, 1.807) is 54.6 Å². The number of rotatable bonds is 35. The lowest BCUT2D eigenvalue weighted by molar-refractivity contribution is -0.138. The van der Waals surface area contributed by atoms with Gasteiger partial charge in [-0.25, -0.2) is 0 Å². The topological polar surface area (TPSA) is 308 Å². The molecule has 0 atom stereocenters. The molecule has 0 aliphatic heterocycles. The van der Waals surface area contributed by atoms with Crippen LogP contribution in [0.2, 0.25) is 0 Å². The SMILES string of the molecule is C.C.C.C.CCOc1ccccc1C(=O)NCCCCCCCC(=O)O.CN(C)c1ccccc1C(=O)Nc1ccc(CCCC(=O)O)cc1.O=C(O)CCCCCCCNC(=O)CCOc1ccccc1.O=C(O)CCc1cccc(NC(=O)c2ccccc2O)c1. The van der Waals surface area contributed by atoms with Crippen molar-refractivity contribution in [1.82, 2.24) is 10.6 Å². The zero-order chi connectivity index (χ0) is 65.0. The predicted octanol–water partition coefficient (Wildman–Crippen LogP) is 14.9. The quantitative estimate of drug-likeness (QED) is 0.0167. The van der Waals surface area contributed by atoms with Crippen molar-refractivity contribution in [1.29, 1.82) is 0 Å². The molecular formula is C73H103N5O15. The summed E-state index contributed by atoms with van der Waals surface area (Å²) in [6.45, 7) is 4.09. The first-order valence-electron chi connectivity index (χ1n) is 30.0. The van der Waals surface area contributed by atoms with E-state index in [-0.39, 0.29) is 84.4 Å². The maximum Gasteiger partial charge on any atom is 0.303 e. The zero-order valence-electron chi connectivity index (χ0n) is 51.3. The third kappa shape index (κ3) is 38.6. The second-order valence-electron chi connectivity index (χ2n) is 20.6. The number of unbranched alkanes of at least 4 members (excludes halogenated alkanes) is 8. The van der Waals surface area contributed by atoms with Crippen LogP contribution < -0.4 is 35.6 Å². The van der Waals surface area contributed by atoms with E-state index in [0.717, 1.165) is 92.5 Å². The van der Waals surface area contributed by atoms with Crippen molar-refractivity contribution in [2.75, 3.05) is 55.9 Å². The smallest absolute Gasteiger partial charge is 0.303 e. The minimum atomic E-state index is -0.862. The lowest BCUT2D eigenvalue weighted by Crippen LogP contribution is -2.25. The Balaban J connectivity index is 0. The van der Waals surface area contributed by atoms with Crippen LogP contribution in [0, 0.1) is 0 Å². The molecule has 0 aliphatic rings. The summed E-state index contributed by atoms with van der Waals surface area (Å²) in [6.07, 6.45) is 11.9. The number of hydrogen-bond acceptors (Lipinski definition) is 12. The van der Waals surface area contributed by atoms with Gasteiger partial charge in [-0.05, 0) is 136 Å². The number of nitrogens with one attached hydrogen (secondary N) is 4. The molecule has 0 unspecified atom stereocenters. The maximum absolute atomic E-state index is 12.5. The molecule has 6 aromatic rings. The number of aryl methyl sites for hydroxylation is 2. The molecule has 0 spiro atoms. The molecule has 0 aromatic heterocycles. The summed E-state index contributed by atoms with van der Waals surface area (Å²) < 4.78 is 10.9. The molecular weight excluding hydrogens is 1190 g/mol. The van der Waals surface area contributed by atoms with Crippen molar-refractivity contribution in [3.05, 3.63) is 179 Å². The second-order valence-corrected chi connectivity index (χ2v) is 20.6. The lowest BCUT2D eigenvalue weighted by atomic mass is 10.1. The van der Waals surface area contributed by atoms with Gasteiger partial charge in [-0.3, -0.25) is 38.4 Å². The van der Waals surface area contributed by atoms with Crippen molar-refractivity contribution in [3.8, 4) is 17.2 Å². The van der Waals surface area contributed by atoms with Gasteiger partial charge in [0.05, 0.1) is 36.3 Å². The van der Waals surface area contributed by atoms with Crippen LogP contribution in [0.25, 0.3) is 0 Å². The fraction of sp³-hybridized carbons (Fsp3) is 0.397. The molecule has 93 heavy (non-hydrogen) atoms. The summed E-state index contributed by atoms with van der Waals surface area (Å²) in [5, 5.41) is 55.3. The lowest BCUT2D eigenvalue weighted by Gasteiger charge is -2.17. The number of phenolic OH excluding ortho intramolecular Hbond substituents is 1. The molecule has 0 saturated carbocycles. The normalized spacial score (nSPS) is 9.75. The van der Waals surface area contributed by atoms with Gasteiger partial charge in [-0.1, -0.05) is 147 Å². The monoisotopic (exact) mass is 1290 g/mol. The number of carbonyl (C=O) groups excluding carboxylic acids is 4. The number of ether oxygens (including phenoxy) is 2. The fourth-order valence-corrected chi connectivity index (χ4v) is 8.56. The van der Waals surface area contributed by atoms with E-state index < -0.39 is 29.8 Å². The number of carboxylic acid groups (broad SMARTS) is 4. The highest BCUT2D eigenvalue weighted by molar-refractivity contribution is 6.08. The first-order valence-corrected chi connectivity index (χ1v) is 30.0. The molecule has 510 valence electrons. The maximum atomic E-state index is 12.5. The van der Waals surface area contributed by atoms with Gasteiger partial charge in [-0.2, -0.15) is 0 Å². The highest BCUT2D eigenvalue weighted by atomic mass is 16.5. The second kappa shape index (κ2) is 51.0. The van der Waals surface area contributed by atoms with Crippen molar-refractivity contribution in [2.45, 2.75) is 152 Å². The van der Waals surface area contributed by atoms with Crippen LogP contribution in [0.1, 0.15) is 182 Å². The molecule has 0 aliphatic carbocycles. The Morgan fingerprint density at radius 3 is 1.49 bits per heavy atom. The standard InChI is InChI=1S/C19H22N2O3.2C17H25NO4.C16H15NO4.4CH4/c1-21(2)17-8-4-3-7-16(17)19(24)20-15-12-10-14(11-13-15)6-5-9-18(22)23;1-2-22-15-11-8-7-10-14(15)17(21)18-13-9-5-3-4-6-12-16(19)20;19-16(12-14-22-15-9-5-4-6-10-15)18-13-8-3-1-2-7-11-17(20)21;18-14-7-2-1-6-13(14)16(21)17-12-5-3-4-11(10-12)8-9-15(19)20;;;;/h3-4,7-8,10-13H,5-6,9H2,1-2H3,(H,20,24)(H,22,23);7-8,10-11H,2-6,9,12-13H2,1H3,(H,18,21)(H,19,20);4-6,9-10H,1-3,7-8,11-14H2,(H,18,19)(H,20,21);1-7,10,18H,8-9H2,(H,17,21)(H,19,20);4*1H4. The minimum absolute atomic E-state index is 0. The van der Waals surface area contributed by atoms with E-state index in [0.29, 0.717) is 74.6 Å².